The molecular formula is C20H24BrN3O4. The third-order valence-corrected chi connectivity index (χ3v) is 4.26. The van der Waals surface area contributed by atoms with Gasteiger partial charge in [-0.05, 0) is 67.9 Å². The summed E-state index contributed by atoms with van der Waals surface area (Å²) in [6, 6.07) is 9.11. The SMILES string of the molecule is CC(NC(=O)c1ccccc1N(C)C(=O)c1ccc(Br)o1)C(=O)NC(C)(C)C. The van der Waals surface area contributed by atoms with Crippen LogP contribution in [0.25, 0.3) is 0 Å². The first-order valence-corrected chi connectivity index (χ1v) is 9.54. The van der Waals surface area contributed by atoms with E-state index in [2.05, 4.69) is 26.6 Å². The Hall–Kier alpha value is -2.61. The van der Waals surface area contributed by atoms with Crippen molar-refractivity contribution in [3.05, 3.63) is 52.4 Å². The van der Waals surface area contributed by atoms with Crippen molar-refractivity contribution in [2.45, 2.75) is 39.3 Å². The van der Waals surface area contributed by atoms with Crippen molar-refractivity contribution >= 4 is 39.3 Å². The van der Waals surface area contributed by atoms with Crippen LogP contribution in [-0.4, -0.2) is 36.3 Å². The van der Waals surface area contributed by atoms with Gasteiger partial charge in [0.1, 0.15) is 6.04 Å². The van der Waals surface area contributed by atoms with Gasteiger partial charge in [0, 0.05) is 12.6 Å². The lowest BCUT2D eigenvalue weighted by Gasteiger charge is -2.24. The molecule has 0 aliphatic heterocycles. The summed E-state index contributed by atoms with van der Waals surface area (Å²) in [6.07, 6.45) is 0. The lowest BCUT2D eigenvalue weighted by atomic mass is 10.1. The normalized spacial score (nSPS) is 12.2. The average molecular weight is 450 g/mol. The quantitative estimate of drug-likeness (QED) is 0.731. The molecule has 0 bridgehead atoms. The van der Waals surface area contributed by atoms with Crippen molar-refractivity contribution in [2.24, 2.45) is 0 Å². The first-order valence-electron chi connectivity index (χ1n) is 8.75. The van der Waals surface area contributed by atoms with Gasteiger partial charge in [-0.15, -0.1) is 0 Å². The summed E-state index contributed by atoms with van der Waals surface area (Å²) in [7, 11) is 1.56. The van der Waals surface area contributed by atoms with E-state index in [1.807, 2.05) is 20.8 Å². The highest BCUT2D eigenvalue weighted by atomic mass is 79.9. The molecular weight excluding hydrogens is 426 g/mol. The molecule has 2 rings (SSSR count). The first-order chi connectivity index (χ1) is 13.0. The Morgan fingerprint density at radius 2 is 1.75 bits per heavy atom. The fourth-order valence-electron chi connectivity index (χ4n) is 2.48. The van der Waals surface area contributed by atoms with Crippen LogP contribution in [-0.2, 0) is 4.79 Å². The minimum atomic E-state index is -0.734. The number of furan rings is 1. The fraction of sp³-hybridized carbons (Fsp3) is 0.350. The van der Waals surface area contributed by atoms with Crippen LogP contribution in [0.15, 0.2) is 45.5 Å². The molecule has 0 saturated carbocycles. The van der Waals surface area contributed by atoms with Crippen molar-refractivity contribution in [3.8, 4) is 0 Å². The second kappa shape index (κ2) is 8.60. The minimum Gasteiger partial charge on any atom is -0.444 e. The van der Waals surface area contributed by atoms with Crippen molar-refractivity contribution in [1.82, 2.24) is 10.6 Å². The lowest BCUT2D eigenvalue weighted by Crippen LogP contribution is -2.51. The van der Waals surface area contributed by atoms with E-state index < -0.39 is 23.4 Å². The number of amides is 3. The number of anilines is 1. The highest BCUT2D eigenvalue weighted by molar-refractivity contribution is 9.10. The monoisotopic (exact) mass is 449 g/mol. The van der Waals surface area contributed by atoms with Crippen LogP contribution >= 0.6 is 15.9 Å². The van der Waals surface area contributed by atoms with E-state index in [-0.39, 0.29) is 17.2 Å². The molecule has 1 heterocycles. The van der Waals surface area contributed by atoms with E-state index in [0.717, 1.165) is 0 Å². The smallest absolute Gasteiger partial charge is 0.293 e. The standard InChI is InChI=1S/C20H24BrN3O4/c1-12(17(25)23-20(2,3)4)22-18(26)13-8-6-7-9-14(13)24(5)19(27)15-10-11-16(21)28-15/h6-12H,1-5H3,(H,22,26)(H,23,25). The molecule has 0 spiro atoms. The summed E-state index contributed by atoms with van der Waals surface area (Å²) in [5.41, 5.74) is 0.276. The van der Waals surface area contributed by atoms with Crippen LogP contribution < -0.4 is 15.5 Å². The third-order valence-electron chi connectivity index (χ3n) is 3.84. The van der Waals surface area contributed by atoms with Gasteiger partial charge in [-0.3, -0.25) is 14.4 Å². The molecule has 28 heavy (non-hydrogen) atoms. The van der Waals surface area contributed by atoms with Gasteiger partial charge in [0.25, 0.3) is 11.8 Å². The van der Waals surface area contributed by atoms with Crippen LogP contribution in [0.4, 0.5) is 5.69 Å². The molecule has 1 unspecified atom stereocenters. The van der Waals surface area contributed by atoms with Crippen molar-refractivity contribution in [1.29, 1.82) is 0 Å². The van der Waals surface area contributed by atoms with Gasteiger partial charge in [-0.25, -0.2) is 0 Å². The van der Waals surface area contributed by atoms with Crippen molar-refractivity contribution in [3.63, 3.8) is 0 Å². The molecule has 0 aliphatic carbocycles. The zero-order chi connectivity index (χ0) is 21.1. The number of hydrogen-bond acceptors (Lipinski definition) is 4. The average Bonchev–Trinajstić information content (AvgIpc) is 3.05. The minimum absolute atomic E-state index is 0.141. The Morgan fingerprint density at radius 1 is 1.11 bits per heavy atom. The van der Waals surface area contributed by atoms with Crippen LogP contribution in [0.1, 0.15) is 48.6 Å². The van der Waals surface area contributed by atoms with E-state index in [0.29, 0.717) is 10.4 Å². The van der Waals surface area contributed by atoms with Gasteiger partial charge in [0.05, 0.1) is 11.3 Å². The van der Waals surface area contributed by atoms with Gasteiger partial charge < -0.3 is 20.0 Å². The molecule has 8 heteroatoms. The number of nitrogens with zero attached hydrogens (tertiary/aromatic N) is 1. The maximum atomic E-state index is 12.8. The summed E-state index contributed by atoms with van der Waals surface area (Å²) in [6.45, 7) is 7.20. The molecule has 0 saturated heterocycles. The Morgan fingerprint density at radius 3 is 2.32 bits per heavy atom. The number of rotatable bonds is 5. The Bertz CT molecular complexity index is 886. The number of hydrogen-bond donors (Lipinski definition) is 2. The number of para-hydroxylation sites is 1. The number of benzene rings is 1. The summed E-state index contributed by atoms with van der Waals surface area (Å²) >= 11 is 3.17. The highest BCUT2D eigenvalue weighted by Gasteiger charge is 2.25. The van der Waals surface area contributed by atoms with E-state index in [4.69, 9.17) is 4.42 Å². The number of halogens is 1. The first kappa shape index (κ1) is 21.7. The molecule has 1 atom stereocenters. The highest BCUT2D eigenvalue weighted by Crippen LogP contribution is 2.23. The molecule has 0 fully saturated rings. The Labute approximate surface area is 172 Å². The van der Waals surface area contributed by atoms with E-state index in [9.17, 15) is 14.4 Å². The van der Waals surface area contributed by atoms with Gasteiger partial charge in [-0.1, -0.05) is 12.1 Å². The topological polar surface area (TPSA) is 91.7 Å². The molecule has 0 radical (unpaired) electrons. The van der Waals surface area contributed by atoms with E-state index in [1.165, 1.54) is 4.90 Å². The molecule has 3 amide bonds. The summed E-state index contributed by atoms with van der Waals surface area (Å²) < 4.78 is 5.74. The number of carbonyl (C=O) groups is 3. The molecule has 1 aromatic carbocycles. The van der Waals surface area contributed by atoms with Crippen LogP contribution in [0.3, 0.4) is 0 Å². The van der Waals surface area contributed by atoms with Crippen LogP contribution in [0.2, 0.25) is 0 Å². The molecule has 2 N–H and O–H groups in total. The van der Waals surface area contributed by atoms with Crippen molar-refractivity contribution in [2.75, 3.05) is 11.9 Å². The van der Waals surface area contributed by atoms with E-state index in [1.54, 1.807) is 50.4 Å². The summed E-state index contributed by atoms with van der Waals surface area (Å²) in [4.78, 5) is 39.0. The van der Waals surface area contributed by atoms with Gasteiger partial charge in [-0.2, -0.15) is 0 Å². The molecule has 1 aromatic heterocycles. The van der Waals surface area contributed by atoms with Gasteiger partial charge in [0.2, 0.25) is 5.91 Å². The third kappa shape index (κ3) is 5.45. The number of nitrogens with one attached hydrogen (secondary N) is 2. The Kier molecular flexibility index (Phi) is 6.66. The largest absolute Gasteiger partial charge is 0.444 e. The van der Waals surface area contributed by atoms with Crippen LogP contribution in [0.5, 0.6) is 0 Å². The van der Waals surface area contributed by atoms with Crippen LogP contribution in [0, 0.1) is 0 Å². The molecule has 7 nitrogen and oxygen atoms in total. The zero-order valence-electron chi connectivity index (χ0n) is 16.5. The molecule has 150 valence electrons. The van der Waals surface area contributed by atoms with E-state index >= 15 is 0 Å². The zero-order valence-corrected chi connectivity index (χ0v) is 18.1. The summed E-state index contributed by atoms with van der Waals surface area (Å²) in [5, 5.41) is 5.50. The fourth-order valence-corrected chi connectivity index (χ4v) is 2.79. The van der Waals surface area contributed by atoms with Crippen molar-refractivity contribution < 1.29 is 18.8 Å². The summed E-state index contributed by atoms with van der Waals surface area (Å²) in [5.74, 6) is -0.998. The Balaban J connectivity index is 2.19. The maximum absolute atomic E-state index is 12.8. The lowest BCUT2D eigenvalue weighted by molar-refractivity contribution is -0.124. The maximum Gasteiger partial charge on any atom is 0.293 e. The second-order valence-electron chi connectivity index (χ2n) is 7.42. The molecule has 0 aliphatic rings. The molecule has 2 aromatic rings. The predicted octanol–water partition coefficient (Wildman–Crippen LogP) is 3.35. The van der Waals surface area contributed by atoms with Gasteiger partial charge in [0.15, 0.2) is 10.4 Å². The number of carbonyl (C=O) groups excluding carboxylic acids is 3. The second-order valence-corrected chi connectivity index (χ2v) is 8.20. The van der Waals surface area contributed by atoms with Gasteiger partial charge >= 0.3 is 0 Å². The predicted molar refractivity (Wildman–Crippen MR) is 110 cm³/mol.